The number of aliphatic imine (C=N–C) groups is 1. The van der Waals surface area contributed by atoms with E-state index in [0.717, 1.165) is 0 Å². The zero-order valence-electron chi connectivity index (χ0n) is 7.14. The van der Waals surface area contributed by atoms with Gasteiger partial charge >= 0.3 is 0 Å². The van der Waals surface area contributed by atoms with Crippen LogP contribution in [0.5, 0.6) is 0 Å². The van der Waals surface area contributed by atoms with Gasteiger partial charge in [-0.25, -0.2) is 0 Å². The molecule has 58 valence electrons. The molecular weight excluding hydrogens is 126 g/mol. The summed E-state index contributed by atoms with van der Waals surface area (Å²) in [6.07, 6.45) is 1.38. The molecule has 0 radical (unpaired) electrons. The Balaban J connectivity index is 3.64. The van der Waals surface area contributed by atoms with Crippen molar-refractivity contribution >= 4 is 12.0 Å². The van der Waals surface area contributed by atoms with Gasteiger partial charge < -0.3 is 0 Å². The molecule has 0 aromatic rings. The minimum atomic E-state index is 0.0178. The SMILES string of the molecule is CC(=O)C=NCC(C)(C)C. The number of rotatable bonds is 2. The molecule has 0 aromatic heterocycles. The molecule has 0 atom stereocenters. The van der Waals surface area contributed by atoms with Crippen molar-refractivity contribution in [2.24, 2.45) is 10.4 Å². The van der Waals surface area contributed by atoms with E-state index < -0.39 is 0 Å². The van der Waals surface area contributed by atoms with Crippen LogP contribution in [-0.2, 0) is 4.79 Å². The fourth-order valence-electron chi connectivity index (χ4n) is 0.448. The van der Waals surface area contributed by atoms with Crippen LogP contribution in [0, 0.1) is 5.41 Å². The highest BCUT2D eigenvalue weighted by Gasteiger charge is 2.07. The molecule has 2 nitrogen and oxygen atoms in total. The van der Waals surface area contributed by atoms with E-state index in [1.54, 1.807) is 0 Å². The normalized spacial score (nSPS) is 12.4. The standard InChI is InChI=1S/C8H15NO/c1-7(10)5-9-6-8(2,3)4/h5H,6H2,1-4H3. The summed E-state index contributed by atoms with van der Waals surface area (Å²) >= 11 is 0. The zero-order chi connectivity index (χ0) is 8.20. The van der Waals surface area contributed by atoms with Crippen LogP contribution in [0.3, 0.4) is 0 Å². The number of hydrogen-bond donors (Lipinski definition) is 0. The zero-order valence-corrected chi connectivity index (χ0v) is 7.14. The molecule has 0 aliphatic heterocycles. The van der Waals surface area contributed by atoms with Crippen LogP contribution in [0.1, 0.15) is 27.7 Å². The Morgan fingerprint density at radius 2 is 2.00 bits per heavy atom. The first-order chi connectivity index (χ1) is 4.42. The first kappa shape index (κ1) is 9.34. The van der Waals surface area contributed by atoms with Gasteiger partial charge in [0.1, 0.15) is 0 Å². The van der Waals surface area contributed by atoms with Crippen molar-refractivity contribution in [3.8, 4) is 0 Å². The van der Waals surface area contributed by atoms with Crippen molar-refractivity contribution in [1.82, 2.24) is 0 Å². The number of ketones is 1. The van der Waals surface area contributed by atoms with Crippen LogP contribution in [-0.4, -0.2) is 18.5 Å². The Morgan fingerprint density at radius 3 is 2.30 bits per heavy atom. The number of Topliss-reactive ketones (excluding diaryl/α,β-unsaturated/α-hetero) is 1. The van der Waals surface area contributed by atoms with Crippen LogP contribution in [0.2, 0.25) is 0 Å². The predicted molar refractivity (Wildman–Crippen MR) is 43.5 cm³/mol. The van der Waals surface area contributed by atoms with Crippen LogP contribution in [0.15, 0.2) is 4.99 Å². The van der Waals surface area contributed by atoms with Gasteiger partial charge in [-0.05, 0) is 5.41 Å². The van der Waals surface area contributed by atoms with Crippen LogP contribution < -0.4 is 0 Å². The lowest BCUT2D eigenvalue weighted by Crippen LogP contribution is -2.10. The highest BCUT2D eigenvalue weighted by Crippen LogP contribution is 2.11. The summed E-state index contributed by atoms with van der Waals surface area (Å²) in [6, 6.07) is 0. The number of carbonyl (C=O) groups excluding carboxylic acids is 1. The van der Waals surface area contributed by atoms with E-state index in [1.165, 1.54) is 13.1 Å². The predicted octanol–water partition coefficient (Wildman–Crippen LogP) is 1.69. The molecule has 0 aliphatic rings. The molecule has 2 heteroatoms. The van der Waals surface area contributed by atoms with Crippen LogP contribution >= 0.6 is 0 Å². The smallest absolute Gasteiger partial charge is 0.170 e. The number of hydrogen-bond acceptors (Lipinski definition) is 2. The molecule has 10 heavy (non-hydrogen) atoms. The Bertz CT molecular complexity index is 142. The highest BCUT2D eigenvalue weighted by atomic mass is 16.1. The fraction of sp³-hybridized carbons (Fsp3) is 0.750. The van der Waals surface area contributed by atoms with Crippen molar-refractivity contribution in [3.05, 3.63) is 0 Å². The number of nitrogens with zero attached hydrogens (tertiary/aromatic N) is 1. The Labute approximate surface area is 62.4 Å². The molecule has 0 aromatic carbocycles. The van der Waals surface area contributed by atoms with Crippen molar-refractivity contribution in [3.63, 3.8) is 0 Å². The second-order valence-corrected chi connectivity index (χ2v) is 3.64. The van der Waals surface area contributed by atoms with Crippen LogP contribution in [0.4, 0.5) is 0 Å². The van der Waals surface area contributed by atoms with Gasteiger partial charge in [0.2, 0.25) is 0 Å². The molecule has 0 saturated heterocycles. The van der Waals surface area contributed by atoms with E-state index in [9.17, 15) is 4.79 Å². The Hall–Kier alpha value is -0.660. The molecule has 0 saturated carbocycles. The maximum Gasteiger partial charge on any atom is 0.170 e. The molecule has 0 N–H and O–H groups in total. The average molecular weight is 141 g/mol. The summed E-state index contributed by atoms with van der Waals surface area (Å²) in [6.45, 7) is 8.48. The Morgan fingerprint density at radius 1 is 1.50 bits per heavy atom. The lowest BCUT2D eigenvalue weighted by molar-refractivity contribution is -0.110. The van der Waals surface area contributed by atoms with Gasteiger partial charge in [0.15, 0.2) is 5.78 Å². The summed E-state index contributed by atoms with van der Waals surface area (Å²) < 4.78 is 0. The molecule has 0 amide bonds. The summed E-state index contributed by atoms with van der Waals surface area (Å²) in [7, 11) is 0. The molecular formula is C8H15NO. The average Bonchev–Trinajstić information content (AvgIpc) is 1.59. The molecule has 0 bridgehead atoms. The van der Waals surface area contributed by atoms with E-state index in [1.807, 2.05) is 0 Å². The molecule has 0 heterocycles. The third-order valence-corrected chi connectivity index (χ3v) is 0.839. The number of carbonyl (C=O) groups is 1. The second kappa shape index (κ2) is 3.49. The van der Waals surface area contributed by atoms with Crippen LogP contribution in [0.25, 0.3) is 0 Å². The third kappa shape index (κ3) is 7.34. The van der Waals surface area contributed by atoms with E-state index in [4.69, 9.17) is 0 Å². The minimum absolute atomic E-state index is 0.0178. The summed E-state index contributed by atoms with van der Waals surface area (Å²) in [4.78, 5) is 14.3. The molecule has 0 fully saturated rings. The van der Waals surface area contributed by atoms with Crippen molar-refractivity contribution in [1.29, 1.82) is 0 Å². The maximum atomic E-state index is 10.4. The van der Waals surface area contributed by atoms with Crippen molar-refractivity contribution in [2.75, 3.05) is 6.54 Å². The third-order valence-electron chi connectivity index (χ3n) is 0.839. The molecule has 0 spiro atoms. The lowest BCUT2D eigenvalue weighted by Gasteiger charge is -2.13. The second-order valence-electron chi connectivity index (χ2n) is 3.64. The summed E-state index contributed by atoms with van der Waals surface area (Å²) in [5.41, 5.74) is 0.186. The molecule has 0 unspecified atom stereocenters. The minimum Gasteiger partial charge on any atom is -0.293 e. The van der Waals surface area contributed by atoms with Crippen molar-refractivity contribution in [2.45, 2.75) is 27.7 Å². The van der Waals surface area contributed by atoms with E-state index in [0.29, 0.717) is 6.54 Å². The lowest BCUT2D eigenvalue weighted by atomic mass is 9.97. The largest absolute Gasteiger partial charge is 0.293 e. The van der Waals surface area contributed by atoms with Gasteiger partial charge in [0.05, 0.1) is 6.21 Å². The summed E-state index contributed by atoms with van der Waals surface area (Å²) in [5, 5.41) is 0. The van der Waals surface area contributed by atoms with E-state index in [-0.39, 0.29) is 11.2 Å². The molecule has 0 rings (SSSR count). The van der Waals surface area contributed by atoms with E-state index >= 15 is 0 Å². The van der Waals surface area contributed by atoms with Gasteiger partial charge in [-0.2, -0.15) is 0 Å². The topological polar surface area (TPSA) is 29.4 Å². The fourth-order valence-corrected chi connectivity index (χ4v) is 0.448. The first-order valence-electron chi connectivity index (χ1n) is 3.42. The first-order valence-corrected chi connectivity index (χ1v) is 3.42. The van der Waals surface area contributed by atoms with Gasteiger partial charge in [-0.15, -0.1) is 0 Å². The molecule has 0 aliphatic carbocycles. The van der Waals surface area contributed by atoms with Gasteiger partial charge in [0, 0.05) is 13.5 Å². The van der Waals surface area contributed by atoms with Gasteiger partial charge in [-0.3, -0.25) is 9.79 Å². The maximum absolute atomic E-state index is 10.4. The Kier molecular flexibility index (Phi) is 3.26. The summed E-state index contributed by atoms with van der Waals surface area (Å²) in [5.74, 6) is 0.0178. The van der Waals surface area contributed by atoms with E-state index in [2.05, 4.69) is 25.8 Å². The van der Waals surface area contributed by atoms with Gasteiger partial charge in [-0.1, -0.05) is 20.8 Å². The van der Waals surface area contributed by atoms with Crippen molar-refractivity contribution < 1.29 is 4.79 Å². The quantitative estimate of drug-likeness (QED) is 0.538. The van der Waals surface area contributed by atoms with Gasteiger partial charge in [0.25, 0.3) is 0 Å². The monoisotopic (exact) mass is 141 g/mol. The highest BCUT2D eigenvalue weighted by molar-refractivity contribution is 6.26.